The van der Waals surface area contributed by atoms with Crippen molar-refractivity contribution < 1.29 is 87.2 Å². The van der Waals surface area contributed by atoms with Crippen LogP contribution in [0, 0.1) is 0 Å². The molecule has 0 aromatic heterocycles. The molecule has 4 aromatic carbocycles. The Hall–Kier alpha value is -3.64. The van der Waals surface area contributed by atoms with Crippen molar-refractivity contribution in [3.8, 4) is 5.75 Å². The lowest BCUT2D eigenvalue weighted by Gasteiger charge is -2.12. The monoisotopic (exact) mass is 903 g/mol. The fourth-order valence-corrected chi connectivity index (χ4v) is 8.36. The molecule has 4 aromatic rings. The first-order valence-electron chi connectivity index (χ1n) is 14.4. The minimum absolute atomic E-state index is 0.0434. The molecule has 56 heavy (non-hydrogen) atoms. The molecule has 0 spiro atoms. The van der Waals surface area contributed by atoms with E-state index >= 15 is 0 Å². The van der Waals surface area contributed by atoms with Gasteiger partial charge < -0.3 is 10.8 Å². The zero-order chi connectivity index (χ0) is 40.9. The van der Waals surface area contributed by atoms with Crippen molar-refractivity contribution in [1.29, 1.82) is 0 Å². The summed E-state index contributed by atoms with van der Waals surface area (Å²) in [5, 5.41) is 62.6. The fraction of sp³-hybridized carbons (Fsp3) is 0.154. The zero-order valence-electron chi connectivity index (χ0n) is 27.4. The van der Waals surface area contributed by atoms with Gasteiger partial charge in [0.15, 0.2) is 50.1 Å². The maximum Gasteiger partial charge on any atom is 0.296 e. The van der Waals surface area contributed by atoms with Gasteiger partial charge in [-0.15, -0.1) is 28.3 Å². The van der Waals surface area contributed by atoms with Crippen LogP contribution in [-0.4, -0.2) is 75.4 Å². The molecule has 7 N–H and O–H groups in total. The van der Waals surface area contributed by atoms with Gasteiger partial charge in [-0.25, -0.2) is 32.6 Å². The molecule has 30 heteroatoms. The smallest absolute Gasteiger partial charge is 0.296 e. The van der Waals surface area contributed by atoms with Gasteiger partial charge in [0.1, 0.15) is 22.0 Å². The number of hydrogen-bond acceptors (Lipinski definition) is 26. The number of nitrogens with zero attached hydrogens (tertiary/aromatic N) is 4. The summed E-state index contributed by atoms with van der Waals surface area (Å²) in [5.74, 6) is -1.67. The minimum atomic E-state index is -5.10. The predicted octanol–water partition coefficient (Wildman–Crippen LogP) is 6.18. The van der Waals surface area contributed by atoms with E-state index in [-0.39, 0.29) is 74.6 Å². The zero-order valence-corrected chi connectivity index (χ0v) is 32.3. The van der Waals surface area contributed by atoms with Gasteiger partial charge in [-0.2, -0.15) is 13.5 Å². The highest BCUT2D eigenvalue weighted by Crippen LogP contribution is 2.48. The Kier molecular flexibility index (Phi) is 16.6. The van der Waals surface area contributed by atoms with E-state index in [1.807, 2.05) is 0 Å². The SMILES string of the molecule is Nc1ccc2c(O)c(/N=N/c3ccc(S(=O)(=O)CCOSOOO)cc3)c(SOOO)cc2c1/N=N/c1ccc(S(=O)(=O)CCOSOOO)cc1S(=O)(=O)O. The van der Waals surface area contributed by atoms with E-state index in [0.29, 0.717) is 18.1 Å². The van der Waals surface area contributed by atoms with E-state index in [2.05, 4.69) is 48.6 Å². The first-order chi connectivity index (χ1) is 26.6. The summed E-state index contributed by atoms with van der Waals surface area (Å²) < 4.78 is 107. The molecule has 24 nitrogen and oxygen atoms in total. The number of aromatic hydroxyl groups is 1. The van der Waals surface area contributed by atoms with Crippen LogP contribution in [0.4, 0.5) is 28.4 Å². The quantitative estimate of drug-likeness (QED) is 0.00974. The maximum atomic E-state index is 12.8. The summed E-state index contributed by atoms with van der Waals surface area (Å²) in [6, 6.07) is 11.7. The molecule has 0 atom stereocenters. The molecule has 0 saturated carbocycles. The molecule has 0 aliphatic heterocycles. The van der Waals surface area contributed by atoms with Crippen molar-refractivity contribution >= 4 is 106 Å². The standard InChI is InChI=1S/C26H25N5O19S6/c27-20-7-6-18-19(24(20)30-29-21-8-5-17(13-23(21)56(40,41)42)55(38,39)12-10-44-53-50-47-35)14-22(51-48-45-33)25(26(18)32)31-28-15-1-3-16(4-2-15)54(36,37)11-9-43-52-49-46-34/h1-8,13-14,32-35H,9-12,27H2,(H,40,41,42)/b30-29+,31-28+. The van der Waals surface area contributed by atoms with Crippen LogP contribution in [-0.2, 0) is 66.3 Å². The first kappa shape index (κ1) is 45.1. The molecule has 0 radical (unpaired) electrons. The van der Waals surface area contributed by atoms with Gasteiger partial charge in [0, 0.05) is 10.8 Å². The normalized spacial score (nSPS) is 12.7. The molecule has 0 fully saturated rings. The second-order valence-electron chi connectivity index (χ2n) is 10.1. The van der Waals surface area contributed by atoms with Crippen molar-refractivity contribution in [2.75, 3.05) is 30.5 Å². The molecule has 0 heterocycles. The molecule has 0 bridgehead atoms. The lowest BCUT2D eigenvalue weighted by molar-refractivity contribution is -0.434. The molecule has 0 saturated heterocycles. The Morgan fingerprint density at radius 2 is 1.21 bits per heavy atom. The molecular weight excluding hydrogens is 879 g/mol. The Morgan fingerprint density at radius 3 is 1.80 bits per heavy atom. The molecule has 304 valence electrons. The van der Waals surface area contributed by atoms with Crippen LogP contribution in [0.3, 0.4) is 0 Å². The van der Waals surface area contributed by atoms with Gasteiger partial charge in [0.25, 0.3) is 10.1 Å². The van der Waals surface area contributed by atoms with E-state index in [4.69, 9.17) is 29.9 Å². The largest absolute Gasteiger partial charge is 0.505 e. The number of benzene rings is 4. The summed E-state index contributed by atoms with van der Waals surface area (Å²) in [6.45, 7) is -0.791. The second kappa shape index (κ2) is 20.7. The summed E-state index contributed by atoms with van der Waals surface area (Å²) in [4.78, 5) is -1.63. The summed E-state index contributed by atoms with van der Waals surface area (Å²) in [6.07, 6.45) is 0. The maximum absolute atomic E-state index is 12.8. The second-order valence-corrected chi connectivity index (χ2v) is 17.5. The van der Waals surface area contributed by atoms with Crippen molar-refractivity contribution in [3.63, 3.8) is 0 Å². The van der Waals surface area contributed by atoms with Crippen LogP contribution in [0.1, 0.15) is 0 Å². The number of sulfone groups is 2. The number of azo groups is 2. The van der Waals surface area contributed by atoms with E-state index in [1.165, 1.54) is 42.5 Å². The number of phenolic OH excluding ortho intramolecular Hbond substituents is 1. The minimum Gasteiger partial charge on any atom is -0.505 e. The Bertz CT molecular complexity index is 2390. The third-order valence-corrected chi connectivity index (χ3v) is 12.4. The Labute approximate surface area is 328 Å². The summed E-state index contributed by atoms with van der Waals surface area (Å²) >= 11 is 0.698. The number of anilines is 1. The van der Waals surface area contributed by atoms with Crippen molar-refractivity contribution in [1.82, 2.24) is 0 Å². The van der Waals surface area contributed by atoms with Crippen molar-refractivity contribution in [2.24, 2.45) is 20.5 Å². The highest BCUT2D eigenvalue weighted by molar-refractivity contribution is 7.94. The van der Waals surface area contributed by atoms with Crippen LogP contribution >= 0.6 is 36.7 Å². The van der Waals surface area contributed by atoms with Crippen LogP contribution < -0.4 is 5.73 Å². The van der Waals surface area contributed by atoms with Crippen LogP contribution in [0.5, 0.6) is 5.75 Å². The Balaban J connectivity index is 1.68. The summed E-state index contributed by atoms with van der Waals surface area (Å²) in [5.41, 5.74) is 5.31. The molecular formula is C26H25N5O19S6. The van der Waals surface area contributed by atoms with Crippen LogP contribution in [0.25, 0.3) is 10.8 Å². The van der Waals surface area contributed by atoms with E-state index < -0.39 is 69.1 Å². The summed E-state index contributed by atoms with van der Waals surface area (Å²) in [7, 11) is -13.1. The van der Waals surface area contributed by atoms with Gasteiger partial charge in [0.05, 0.1) is 62.8 Å². The number of nitrogens with two attached hydrogens (primary N) is 1. The number of phenols is 1. The average Bonchev–Trinajstić information content (AvgIpc) is 3.16. The highest BCUT2D eigenvalue weighted by Gasteiger charge is 2.23. The van der Waals surface area contributed by atoms with E-state index in [0.717, 1.165) is 12.1 Å². The van der Waals surface area contributed by atoms with E-state index in [9.17, 15) is 34.9 Å². The number of fused-ring (bicyclic) bond motifs is 1. The van der Waals surface area contributed by atoms with Gasteiger partial charge >= 0.3 is 0 Å². The highest BCUT2D eigenvalue weighted by atomic mass is 32.2. The molecule has 0 aliphatic carbocycles. The fourth-order valence-electron chi connectivity index (χ4n) is 4.31. The Morgan fingerprint density at radius 1 is 0.643 bits per heavy atom. The average molecular weight is 904 g/mol. The van der Waals surface area contributed by atoms with Crippen LogP contribution in [0.15, 0.2) is 101 Å². The third kappa shape index (κ3) is 12.2. The predicted molar refractivity (Wildman–Crippen MR) is 193 cm³/mol. The van der Waals surface area contributed by atoms with Gasteiger partial charge in [-0.05, 0) is 60.7 Å². The first-order valence-corrected chi connectivity index (χ1v) is 21.2. The molecule has 0 unspecified atom stereocenters. The van der Waals surface area contributed by atoms with Crippen LogP contribution in [0.2, 0.25) is 0 Å². The lowest BCUT2D eigenvalue weighted by atomic mass is 10.1. The molecule has 0 amide bonds. The number of nitrogen functional groups attached to an aromatic ring is 1. The topological polar surface area (TPSA) is 353 Å². The number of rotatable bonds is 22. The third-order valence-electron chi connectivity index (χ3n) is 6.76. The van der Waals surface area contributed by atoms with Crippen molar-refractivity contribution in [2.45, 2.75) is 19.6 Å². The van der Waals surface area contributed by atoms with Crippen molar-refractivity contribution in [3.05, 3.63) is 60.7 Å². The van der Waals surface area contributed by atoms with Gasteiger partial charge in [0.2, 0.25) is 0 Å². The lowest BCUT2D eigenvalue weighted by Crippen LogP contribution is -2.12. The van der Waals surface area contributed by atoms with Gasteiger partial charge in [-0.1, -0.05) is 15.1 Å². The molecule has 0 aliphatic rings. The van der Waals surface area contributed by atoms with E-state index in [1.54, 1.807) is 0 Å². The molecule has 4 rings (SSSR count). The number of hydrogen-bond donors (Lipinski definition) is 6. The van der Waals surface area contributed by atoms with Gasteiger partial charge in [-0.3, -0.25) is 12.9 Å².